The highest BCUT2D eigenvalue weighted by atomic mass is 79.9. The number of nitrogens with zero attached hydrogens (tertiary/aromatic N) is 2. The summed E-state index contributed by atoms with van der Waals surface area (Å²) in [5, 5.41) is 8.29. The number of rotatable bonds is 9. The number of halogens is 1. The summed E-state index contributed by atoms with van der Waals surface area (Å²) in [5.41, 5.74) is 2.98. The van der Waals surface area contributed by atoms with Gasteiger partial charge in [0.05, 0.1) is 22.5 Å². The van der Waals surface area contributed by atoms with Gasteiger partial charge in [-0.2, -0.15) is 5.10 Å². The van der Waals surface area contributed by atoms with Crippen LogP contribution in [0, 0.1) is 5.41 Å². The van der Waals surface area contributed by atoms with Gasteiger partial charge in [0.15, 0.2) is 0 Å². The molecule has 0 unspecified atom stereocenters. The molecule has 0 aromatic carbocycles. The molecular weight excluding hydrogens is 330 g/mol. The summed E-state index contributed by atoms with van der Waals surface area (Å²) in [6, 6.07) is 0. The average Bonchev–Trinajstić information content (AvgIpc) is 2.76. The molecule has 0 amide bonds. The van der Waals surface area contributed by atoms with Crippen LogP contribution in [0.2, 0.25) is 0 Å². The molecule has 1 heterocycles. The van der Waals surface area contributed by atoms with Crippen LogP contribution < -0.4 is 5.32 Å². The zero-order valence-electron chi connectivity index (χ0n) is 13.5. The van der Waals surface area contributed by atoms with Crippen molar-refractivity contribution < 1.29 is 4.74 Å². The maximum absolute atomic E-state index is 5.12. The summed E-state index contributed by atoms with van der Waals surface area (Å²) in [4.78, 5) is 0. The first-order valence-corrected chi connectivity index (χ1v) is 8.88. The SMILES string of the molecule is CCc1nn(CC)c(CC2(CNCCOC)CCC2)c1Br. The van der Waals surface area contributed by atoms with Crippen LogP contribution in [0.25, 0.3) is 0 Å². The van der Waals surface area contributed by atoms with Crippen molar-refractivity contribution in [3.8, 4) is 0 Å². The molecule has 0 radical (unpaired) electrons. The van der Waals surface area contributed by atoms with E-state index in [4.69, 9.17) is 9.84 Å². The fraction of sp³-hybridized carbons (Fsp3) is 0.812. The van der Waals surface area contributed by atoms with Crippen LogP contribution in [-0.4, -0.2) is 36.6 Å². The summed E-state index contributed by atoms with van der Waals surface area (Å²) in [5.74, 6) is 0. The largest absolute Gasteiger partial charge is 0.383 e. The lowest BCUT2D eigenvalue weighted by atomic mass is 9.66. The molecule has 0 saturated heterocycles. The summed E-state index contributed by atoms with van der Waals surface area (Å²) in [6.45, 7) is 8.09. The Kier molecular flexibility index (Phi) is 6.26. The third-order valence-corrected chi connectivity index (χ3v) is 5.55. The number of ether oxygens (including phenoxy) is 1. The van der Waals surface area contributed by atoms with Crippen LogP contribution >= 0.6 is 15.9 Å². The molecule has 0 spiro atoms. The Balaban J connectivity index is 2.06. The molecule has 5 heteroatoms. The fourth-order valence-electron chi connectivity index (χ4n) is 3.16. The molecule has 1 fully saturated rings. The predicted molar refractivity (Wildman–Crippen MR) is 89.7 cm³/mol. The van der Waals surface area contributed by atoms with Crippen molar-refractivity contribution in [2.45, 2.75) is 52.5 Å². The van der Waals surface area contributed by atoms with E-state index in [0.29, 0.717) is 5.41 Å². The second kappa shape index (κ2) is 7.75. The molecule has 1 N–H and O–H groups in total. The Labute approximate surface area is 136 Å². The van der Waals surface area contributed by atoms with E-state index in [2.05, 4.69) is 39.8 Å². The lowest BCUT2D eigenvalue weighted by Gasteiger charge is -2.42. The van der Waals surface area contributed by atoms with Gasteiger partial charge in [-0.1, -0.05) is 13.3 Å². The van der Waals surface area contributed by atoms with E-state index in [1.807, 2.05) is 0 Å². The molecule has 120 valence electrons. The van der Waals surface area contributed by atoms with Crippen molar-refractivity contribution in [3.05, 3.63) is 15.9 Å². The van der Waals surface area contributed by atoms with Gasteiger partial charge in [0.25, 0.3) is 0 Å². The molecule has 4 nitrogen and oxygen atoms in total. The van der Waals surface area contributed by atoms with Gasteiger partial charge in [0.2, 0.25) is 0 Å². The van der Waals surface area contributed by atoms with E-state index in [9.17, 15) is 0 Å². The van der Waals surface area contributed by atoms with Crippen molar-refractivity contribution >= 4 is 15.9 Å². The highest BCUT2D eigenvalue weighted by Gasteiger charge is 2.38. The van der Waals surface area contributed by atoms with Crippen molar-refractivity contribution in [1.82, 2.24) is 15.1 Å². The fourth-order valence-corrected chi connectivity index (χ4v) is 3.87. The minimum Gasteiger partial charge on any atom is -0.383 e. The molecular formula is C16H28BrN3O. The third-order valence-electron chi connectivity index (χ3n) is 4.63. The highest BCUT2D eigenvalue weighted by molar-refractivity contribution is 9.10. The average molecular weight is 358 g/mol. The van der Waals surface area contributed by atoms with Crippen LogP contribution in [0.1, 0.15) is 44.5 Å². The zero-order chi connectivity index (χ0) is 15.3. The lowest BCUT2D eigenvalue weighted by molar-refractivity contribution is 0.120. The van der Waals surface area contributed by atoms with E-state index < -0.39 is 0 Å². The normalized spacial score (nSPS) is 17.0. The minimum atomic E-state index is 0.411. The molecule has 0 bridgehead atoms. The number of hydrogen-bond donors (Lipinski definition) is 1. The molecule has 0 atom stereocenters. The molecule has 21 heavy (non-hydrogen) atoms. The van der Waals surface area contributed by atoms with Crippen molar-refractivity contribution in [2.75, 3.05) is 26.8 Å². The predicted octanol–water partition coefficient (Wildman–Crippen LogP) is 3.18. The molecule has 1 aliphatic carbocycles. The van der Waals surface area contributed by atoms with E-state index in [0.717, 1.165) is 39.1 Å². The first kappa shape index (κ1) is 17.0. The number of aromatic nitrogens is 2. The second-order valence-corrected chi connectivity index (χ2v) is 6.87. The first-order chi connectivity index (χ1) is 10.2. The van der Waals surface area contributed by atoms with Crippen molar-refractivity contribution in [1.29, 1.82) is 0 Å². The van der Waals surface area contributed by atoms with Crippen LogP contribution in [0.5, 0.6) is 0 Å². The third kappa shape index (κ3) is 3.88. The maximum atomic E-state index is 5.12. The standard InChI is InChI=1S/C16H28BrN3O/c1-4-13-15(17)14(20(5-2)19-13)11-16(7-6-8-16)12-18-9-10-21-3/h18H,4-12H2,1-3H3. The molecule has 0 aliphatic heterocycles. The Bertz CT molecular complexity index is 455. The minimum absolute atomic E-state index is 0.411. The van der Waals surface area contributed by atoms with Crippen molar-refractivity contribution in [2.24, 2.45) is 5.41 Å². The summed E-state index contributed by atoms with van der Waals surface area (Å²) < 4.78 is 8.53. The number of aryl methyl sites for hydroxylation is 2. The van der Waals surface area contributed by atoms with Crippen LogP contribution in [0.3, 0.4) is 0 Å². The quantitative estimate of drug-likeness (QED) is 0.689. The van der Waals surface area contributed by atoms with Gasteiger partial charge < -0.3 is 10.1 Å². The topological polar surface area (TPSA) is 39.1 Å². The monoisotopic (exact) mass is 357 g/mol. The number of hydrogen-bond acceptors (Lipinski definition) is 3. The van der Waals surface area contributed by atoms with E-state index in [1.165, 1.54) is 35.1 Å². The van der Waals surface area contributed by atoms with Crippen LogP contribution in [0.15, 0.2) is 4.47 Å². The van der Waals surface area contributed by atoms with Gasteiger partial charge in [0.1, 0.15) is 0 Å². The number of methoxy groups -OCH3 is 1. The summed E-state index contributed by atoms with van der Waals surface area (Å²) in [6.07, 6.45) is 6.09. The Morgan fingerprint density at radius 3 is 2.67 bits per heavy atom. The summed E-state index contributed by atoms with van der Waals surface area (Å²) >= 11 is 3.78. The summed E-state index contributed by atoms with van der Waals surface area (Å²) in [7, 11) is 1.75. The Hall–Kier alpha value is -0.390. The van der Waals surface area contributed by atoms with Crippen LogP contribution in [0.4, 0.5) is 0 Å². The lowest BCUT2D eigenvalue weighted by Crippen LogP contribution is -2.43. The van der Waals surface area contributed by atoms with E-state index >= 15 is 0 Å². The second-order valence-electron chi connectivity index (χ2n) is 6.08. The zero-order valence-corrected chi connectivity index (χ0v) is 15.1. The van der Waals surface area contributed by atoms with Gasteiger partial charge in [-0.05, 0) is 54.0 Å². The highest BCUT2D eigenvalue weighted by Crippen LogP contribution is 2.44. The molecule has 1 aliphatic rings. The van der Waals surface area contributed by atoms with Gasteiger partial charge >= 0.3 is 0 Å². The van der Waals surface area contributed by atoms with Gasteiger partial charge in [-0.25, -0.2) is 0 Å². The molecule has 1 aromatic heterocycles. The molecule has 2 rings (SSSR count). The first-order valence-electron chi connectivity index (χ1n) is 8.09. The number of nitrogens with one attached hydrogen (secondary N) is 1. The van der Waals surface area contributed by atoms with E-state index in [1.54, 1.807) is 7.11 Å². The van der Waals surface area contributed by atoms with Gasteiger partial charge in [-0.15, -0.1) is 0 Å². The van der Waals surface area contributed by atoms with Gasteiger partial charge in [0, 0.05) is 26.7 Å². The smallest absolute Gasteiger partial charge is 0.0766 e. The van der Waals surface area contributed by atoms with Gasteiger partial charge in [-0.3, -0.25) is 4.68 Å². The Morgan fingerprint density at radius 2 is 2.14 bits per heavy atom. The molecule has 1 aromatic rings. The van der Waals surface area contributed by atoms with Crippen molar-refractivity contribution in [3.63, 3.8) is 0 Å². The maximum Gasteiger partial charge on any atom is 0.0766 e. The van der Waals surface area contributed by atoms with Crippen LogP contribution in [-0.2, 0) is 24.1 Å². The Morgan fingerprint density at radius 1 is 1.38 bits per heavy atom. The van der Waals surface area contributed by atoms with E-state index in [-0.39, 0.29) is 0 Å². The molecule has 1 saturated carbocycles.